The molecule has 0 radical (unpaired) electrons. The van der Waals surface area contributed by atoms with Gasteiger partial charge in [0.25, 0.3) is 0 Å². The van der Waals surface area contributed by atoms with Gasteiger partial charge in [-0.15, -0.1) is 11.3 Å². The van der Waals surface area contributed by atoms with Crippen LogP contribution < -0.4 is 0 Å². The fourth-order valence-electron chi connectivity index (χ4n) is 2.23. The van der Waals surface area contributed by atoms with Crippen molar-refractivity contribution in [2.75, 3.05) is 0 Å². The van der Waals surface area contributed by atoms with Gasteiger partial charge < -0.3 is 0 Å². The molecule has 3 rings (SSSR count). The Morgan fingerprint density at radius 1 is 0.800 bits per heavy atom. The van der Waals surface area contributed by atoms with Gasteiger partial charge in [0, 0.05) is 9.75 Å². The van der Waals surface area contributed by atoms with E-state index in [-0.39, 0.29) is 4.83 Å². The molecule has 0 saturated heterocycles. The van der Waals surface area contributed by atoms with E-state index in [1.54, 1.807) is 0 Å². The Labute approximate surface area is 132 Å². The molecule has 1 heterocycles. The van der Waals surface area contributed by atoms with Gasteiger partial charge in [-0.1, -0.05) is 70.5 Å². The molecule has 0 amide bonds. The maximum absolute atomic E-state index is 3.80. The van der Waals surface area contributed by atoms with Crippen molar-refractivity contribution in [1.82, 2.24) is 0 Å². The van der Waals surface area contributed by atoms with Crippen LogP contribution in [-0.4, -0.2) is 0 Å². The summed E-state index contributed by atoms with van der Waals surface area (Å²) in [5.41, 5.74) is 3.82. The van der Waals surface area contributed by atoms with E-state index in [4.69, 9.17) is 0 Å². The lowest BCUT2D eigenvalue weighted by Crippen LogP contribution is -1.89. The first-order chi connectivity index (χ1) is 9.74. The number of rotatable bonds is 3. The molecule has 0 fully saturated rings. The fraction of sp³-hybridized carbons (Fsp3) is 0.111. The molecule has 0 aliphatic rings. The van der Waals surface area contributed by atoms with Gasteiger partial charge in [-0.2, -0.15) is 0 Å². The van der Waals surface area contributed by atoms with Crippen LogP contribution in [0.4, 0.5) is 0 Å². The van der Waals surface area contributed by atoms with E-state index >= 15 is 0 Å². The van der Waals surface area contributed by atoms with Crippen LogP contribution in [0.3, 0.4) is 0 Å². The van der Waals surface area contributed by atoms with Crippen LogP contribution in [0.25, 0.3) is 11.1 Å². The number of hydrogen-bond acceptors (Lipinski definition) is 1. The van der Waals surface area contributed by atoms with Gasteiger partial charge in [0.15, 0.2) is 0 Å². The second kappa shape index (κ2) is 5.94. The highest BCUT2D eigenvalue weighted by Crippen LogP contribution is 2.35. The first-order valence-corrected chi connectivity index (χ1v) is 8.33. The second-order valence-electron chi connectivity index (χ2n) is 4.80. The number of aryl methyl sites for hydroxylation is 1. The van der Waals surface area contributed by atoms with E-state index < -0.39 is 0 Å². The second-order valence-corrected chi connectivity index (χ2v) is 7.03. The molecule has 20 heavy (non-hydrogen) atoms. The van der Waals surface area contributed by atoms with Crippen molar-refractivity contribution in [2.45, 2.75) is 11.8 Å². The fourth-order valence-corrected chi connectivity index (χ4v) is 3.85. The third kappa shape index (κ3) is 2.87. The largest absolute Gasteiger partial charge is 0.144 e. The Hall–Kier alpha value is -1.38. The summed E-state index contributed by atoms with van der Waals surface area (Å²) in [4.78, 5) is 2.99. The maximum Gasteiger partial charge on any atom is 0.0738 e. The topological polar surface area (TPSA) is 0 Å². The maximum atomic E-state index is 3.80. The van der Waals surface area contributed by atoms with Crippen LogP contribution in [0.15, 0.2) is 66.7 Å². The molecule has 0 aliphatic carbocycles. The molecular formula is C18H15BrS. The van der Waals surface area contributed by atoms with Gasteiger partial charge in [-0.25, -0.2) is 0 Å². The molecule has 2 aromatic carbocycles. The zero-order valence-corrected chi connectivity index (χ0v) is 13.6. The lowest BCUT2D eigenvalue weighted by atomic mass is 10.0. The Morgan fingerprint density at radius 2 is 1.45 bits per heavy atom. The zero-order chi connectivity index (χ0) is 13.9. The Bertz CT molecular complexity index is 683. The summed E-state index contributed by atoms with van der Waals surface area (Å²) >= 11 is 5.64. The minimum absolute atomic E-state index is 0.283. The van der Waals surface area contributed by atoms with E-state index in [1.807, 2.05) is 17.4 Å². The van der Waals surface area contributed by atoms with Crippen molar-refractivity contribution < 1.29 is 0 Å². The van der Waals surface area contributed by atoms with Crippen LogP contribution in [0.5, 0.6) is 0 Å². The molecule has 1 unspecified atom stereocenters. The monoisotopic (exact) mass is 342 g/mol. The smallest absolute Gasteiger partial charge is 0.0738 e. The normalized spacial score (nSPS) is 12.3. The molecule has 1 atom stereocenters. The number of benzene rings is 2. The third-order valence-corrected chi connectivity index (χ3v) is 5.71. The first-order valence-electron chi connectivity index (χ1n) is 6.60. The summed E-state index contributed by atoms with van der Waals surface area (Å²) in [6.07, 6.45) is 0. The molecule has 0 N–H and O–H groups in total. The van der Waals surface area contributed by atoms with Gasteiger partial charge in [0.1, 0.15) is 0 Å². The zero-order valence-electron chi connectivity index (χ0n) is 11.2. The summed E-state index contributed by atoms with van der Waals surface area (Å²) in [5, 5.41) is 0. The Balaban J connectivity index is 1.86. The third-order valence-electron chi connectivity index (χ3n) is 3.32. The molecule has 0 saturated carbocycles. The van der Waals surface area contributed by atoms with E-state index in [0.717, 1.165) is 0 Å². The van der Waals surface area contributed by atoms with Gasteiger partial charge in [0.05, 0.1) is 4.83 Å². The lowest BCUT2D eigenvalue weighted by Gasteiger charge is -2.09. The quantitative estimate of drug-likeness (QED) is 0.496. The number of alkyl halides is 1. The highest BCUT2D eigenvalue weighted by atomic mass is 79.9. The summed E-state index contributed by atoms with van der Waals surface area (Å²) in [7, 11) is 0. The van der Waals surface area contributed by atoms with E-state index in [0.29, 0.717) is 0 Å². The highest BCUT2D eigenvalue weighted by molar-refractivity contribution is 9.09. The van der Waals surface area contributed by atoms with Crippen LogP contribution in [0.1, 0.15) is 20.1 Å². The molecule has 0 bridgehead atoms. The van der Waals surface area contributed by atoms with Crippen LogP contribution >= 0.6 is 27.3 Å². The first kappa shape index (κ1) is 13.6. The van der Waals surface area contributed by atoms with Crippen molar-refractivity contribution in [2.24, 2.45) is 0 Å². The van der Waals surface area contributed by atoms with Crippen molar-refractivity contribution in [3.05, 3.63) is 82.0 Å². The molecule has 3 aromatic rings. The average Bonchev–Trinajstić information content (AvgIpc) is 2.94. The van der Waals surface area contributed by atoms with Crippen molar-refractivity contribution in [3.63, 3.8) is 0 Å². The van der Waals surface area contributed by atoms with Crippen molar-refractivity contribution >= 4 is 27.3 Å². The molecule has 0 aliphatic heterocycles. The predicted octanol–water partition coefficient (Wildman–Crippen LogP) is 6.21. The number of halogens is 1. The molecule has 2 heteroatoms. The standard InChI is InChI=1S/C18H15BrS/c1-13-7-12-17(20-13)18(19)16-10-8-15(9-11-16)14-5-3-2-4-6-14/h2-12,18H,1H3. The van der Waals surface area contributed by atoms with Crippen LogP contribution in [0, 0.1) is 6.92 Å². The summed E-state index contributed by atoms with van der Waals surface area (Å²) in [5.74, 6) is 0. The molecule has 0 nitrogen and oxygen atoms in total. The van der Waals surface area contributed by atoms with Gasteiger partial charge >= 0.3 is 0 Å². The van der Waals surface area contributed by atoms with Gasteiger partial charge in [0.2, 0.25) is 0 Å². The molecular weight excluding hydrogens is 328 g/mol. The van der Waals surface area contributed by atoms with Gasteiger partial charge in [-0.3, -0.25) is 0 Å². The summed E-state index contributed by atoms with van der Waals surface area (Å²) in [6.45, 7) is 2.15. The van der Waals surface area contributed by atoms with Gasteiger partial charge in [-0.05, 0) is 35.7 Å². The predicted molar refractivity (Wildman–Crippen MR) is 91.7 cm³/mol. The van der Waals surface area contributed by atoms with E-state index in [2.05, 4.69) is 83.5 Å². The lowest BCUT2D eigenvalue weighted by molar-refractivity contribution is 1.23. The Kier molecular flexibility index (Phi) is 4.04. The van der Waals surface area contributed by atoms with E-state index in [1.165, 1.54) is 26.4 Å². The van der Waals surface area contributed by atoms with E-state index in [9.17, 15) is 0 Å². The molecule has 1 aromatic heterocycles. The molecule has 0 spiro atoms. The number of hydrogen-bond donors (Lipinski definition) is 0. The van der Waals surface area contributed by atoms with Crippen molar-refractivity contribution in [3.8, 4) is 11.1 Å². The number of thiophene rings is 1. The minimum Gasteiger partial charge on any atom is -0.144 e. The highest BCUT2D eigenvalue weighted by Gasteiger charge is 2.12. The van der Waals surface area contributed by atoms with Crippen molar-refractivity contribution in [1.29, 1.82) is 0 Å². The summed E-state index contributed by atoms with van der Waals surface area (Å²) < 4.78 is 0. The average molecular weight is 343 g/mol. The van der Waals surface area contributed by atoms with Crippen LogP contribution in [-0.2, 0) is 0 Å². The molecule has 100 valence electrons. The SMILES string of the molecule is Cc1ccc(C(Br)c2ccc(-c3ccccc3)cc2)s1. The Morgan fingerprint density at radius 3 is 2.05 bits per heavy atom. The van der Waals surface area contributed by atoms with Crippen LogP contribution in [0.2, 0.25) is 0 Å². The minimum atomic E-state index is 0.283. The summed E-state index contributed by atoms with van der Waals surface area (Å²) in [6, 6.07) is 23.7.